The number of esters is 1. The summed E-state index contributed by atoms with van der Waals surface area (Å²) in [6, 6.07) is 7.45. The minimum atomic E-state index is -0.689. The molecule has 1 aliphatic rings. The van der Waals surface area contributed by atoms with Crippen LogP contribution in [0.4, 0.5) is 0 Å². The SMILES string of the molecule is COC(=O)C(Cl)Cc1ccc(OC(C)C2CCCCC2=O)cc1. The van der Waals surface area contributed by atoms with Gasteiger partial charge in [0.05, 0.1) is 13.0 Å². The Hall–Kier alpha value is -1.55. The van der Waals surface area contributed by atoms with E-state index in [1.165, 1.54) is 7.11 Å². The first-order chi connectivity index (χ1) is 11.0. The van der Waals surface area contributed by atoms with E-state index in [1.54, 1.807) is 0 Å². The normalized spacial score (nSPS) is 20.7. The summed E-state index contributed by atoms with van der Waals surface area (Å²) in [5, 5.41) is -0.689. The lowest BCUT2D eigenvalue weighted by Gasteiger charge is -2.27. The van der Waals surface area contributed by atoms with Crippen molar-refractivity contribution in [2.24, 2.45) is 5.92 Å². The first-order valence-electron chi connectivity index (χ1n) is 8.01. The number of methoxy groups -OCH3 is 1. The molecule has 1 aromatic carbocycles. The molecule has 0 N–H and O–H groups in total. The predicted octanol–water partition coefficient (Wildman–Crippen LogP) is 3.54. The summed E-state index contributed by atoms with van der Waals surface area (Å²) in [5.41, 5.74) is 0.934. The van der Waals surface area contributed by atoms with Crippen molar-refractivity contribution in [3.05, 3.63) is 29.8 Å². The largest absolute Gasteiger partial charge is 0.490 e. The molecular formula is C18H23ClO4. The van der Waals surface area contributed by atoms with Crippen molar-refractivity contribution < 1.29 is 19.1 Å². The topological polar surface area (TPSA) is 52.6 Å². The molecular weight excluding hydrogens is 316 g/mol. The van der Waals surface area contributed by atoms with Gasteiger partial charge in [-0.25, -0.2) is 0 Å². The molecule has 0 amide bonds. The summed E-state index contributed by atoms with van der Waals surface area (Å²) in [5.74, 6) is 0.596. The van der Waals surface area contributed by atoms with Gasteiger partial charge >= 0.3 is 5.97 Å². The number of hydrogen-bond acceptors (Lipinski definition) is 4. The Morgan fingerprint density at radius 1 is 1.30 bits per heavy atom. The quantitative estimate of drug-likeness (QED) is 0.588. The molecule has 3 unspecified atom stereocenters. The number of alkyl halides is 1. The molecule has 126 valence electrons. The third-order valence-electron chi connectivity index (χ3n) is 4.29. The average Bonchev–Trinajstić information content (AvgIpc) is 2.56. The summed E-state index contributed by atoms with van der Waals surface area (Å²) in [4.78, 5) is 23.3. The molecule has 0 bridgehead atoms. The second-order valence-corrected chi connectivity index (χ2v) is 6.51. The molecule has 0 spiro atoms. The second-order valence-electron chi connectivity index (χ2n) is 5.98. The molecule has 0 aromatic heterocycles. The van der Waals surface area contributed by atoms with Gasteiger partial charge in [0.2, 0.25) is 0 Å². The van der Waals surface area contributed by atoms with Crippen LogP contribution in [0.3, 0.4) is 0 Å². The van der Waals surface area contributed by atoms with Gasteiger partial charge in [-0.1, -0.05) is 18.6 Å². The van der Waals surface area contributed by atoms with Crippen LogP contribution in [0.15, 0.2) is 24.3 Å². The lowest BCUT2D eigenvalue weighted by Crippen LogP contribution is -2.32. The Kier molecular flexibility index (Phi) is 6.46. The van der Waals surface area contributed by atoms with E-state index >= 15 is 0 Å². The Morgan fingerprint density at radius 2 is 2.00 bits per heavy atom. The van der Waals surface area contributed by atoms with Gasteiger partial charge in [-0.15, -0.1) is 11.6 Å². The van der Waals surface area contributed by atoms with Gasteiger partial charge < -0.3 is 9.47 Å². The van der Waals surface area contributed by atoms with Gasteiger partial charge in [0, 0.05) is 6.42 Å². The summed E-state index contributed by atoms with van der Waals surface area (Å²) in [6.45, 7) is 1.95. The Morgan fingerprint density at radius 3 is 2.61 bits per heavy atom. The first kappa shape index (κ1) is 17.8. The number of benzene rings is 1. The van der Waals surface area contributed by atoms with E-state index in [9.17, 15) is 9.59 Å². The third-order valence-corrected chi connectivity index (χ3v) is 4.62. The van der Waals surface area contributed by atoms with Crippen LogP contribution in [-0.4, -0.2) is 30.3 Å². The summed E-state index contributed by atoms with van der Waals surface area (Å²) in [7, 11) is 1.32. The van der Waals surface area contributed by atoms with Crippen LogP contribution in [0.1, 0.15) is 38.2 Å². The van der Waals surface area contributed by atoms with Crippen molar-refractivity contribution in [3.63, 3.8) is 0 Å². The number of hydrogen-bond donors (Lipinski definition) is 0. The molecule has 1 fully saturated rings. The number of carbonyl (C=O) groups excluding carboxylic acids is 2. The highest BCUT2D eigenvalue weighted by Crippen LogP contribution is 2.26. The van der Waals surface area contributed by atoms with E-state index in [2.05, 4.69) is 4.74 Å². The van der Waals surface area contributed by atoms with Crippen LogP contribution in [0, 0.1) is 5.92 Å². The van der Waals surface area contributed by atoms with E-state index in [0.717, 1.165) is 30.6 Å². The van der Waals surface area contributed by atoms with E-state index in [1.807, 2.05) is 31.2 Å². The van der Waals surface area contributed by atoms with Crippen molar-refractivity contribution in [1.29, 1.82) is 0 Å². The zero-order valence-corrected chi connectivity index (χ0v) is 14.3. The molecule has 1 aromatic rings. The molecule has 2 rings (SSSR count). The Balaban J connectivity index is 1.91. The maximum atomic E-state index is 12.0. The third kappa shape index (κ3) is 4.96. The molecule has 4 nitrogen and oxygen atoms in total. The highest BCUT2D eigenvalue weighted by Gasteiger charge is 2.28. The standard InChI is InChI=1S/C18H23ClO4/c1-12(15-5-3-4-6-17(15)20)23-14-9-7-13(8-10-14)11-16(19)18(21)22-2/h7-10,12,15-16H,3-6,11H2,1-2H3. The van der Waals surface area contributed by atoms with Gasteiger partial charge in [0.1, 0.15) is 23.0 Å². The Labute approximate surface area is 142 Å². The van der Waals surface area contributed by atoms with Crippen LogP contribution < -0.4 is 4.74 Å². The highest BCUT2D eigenvalue weighted by atomic mass is 35.5. The van der Waals surface area contributed by atoms with Crippen LogP contribution >= 0.6 is 11.6 Å². The van der Waals surface area contributed by atoms with Gasteiger partial charge in [-0.3, -0.25) is 9.59 Å². The minimum Gasteiger partial charge on any atom is -0.490 e. The van der Waals surface area contributed by atoms with Crippen molar-refractivity contribution >= 4 is 23.4 Å². The van der Waals surface area contributed by atoms with Crippen LogP contribution in [-0.2, 0) is 20.7 Å². The molecule has 0 heterocycles. The zero-order valence-electron chi connectivity index (χ0n) is 13.6. The predicted molar refractivity (Wildman–Crippen MR) is 88.9 cm³/mol. The summed E-state index contributed by atoms with van der Waals surface area (Å²) < 4.78 is 10.5. The summed E-state index contributed by atoms with van der Waals surface area (Å²) in [6.07, 6.45) is 3.95. The molecule has 1 aliphatic carbocycles. The second kappa shape index (κ2) is 8.34. The number of ketones is 1. The molecule has 5 heteroatoms. The number of rotatable bonds is 6. The van der Waals surface area contributed by atoms with Crippen LogP contribution in [0.5, 0.6) is 5.75 Å². The summed E-state index contributed by atoms with van der Waals surface area (Å²) >= 11 is 5.96. The average molecular weight is 339 g/mol. The maximum absolute atomic E-state index is 12.0. The molecule has 0 saturated heterocycles. The van der Waals surface area contributed by atoms with Crippen molar-refractivity contribution in [1.82, 2.24) is 0 Å². The fourth-order valence-corrected chi connectivity index (χ4v) is 3.19. The van der Waals surface area contributed by atoms with Gasteiger partial charge in [0.15, 0.2) is 0 Å². The van der Waals surface area contributed by atoms with E-state index in [4.69, 9.17) is 16.3 Å². The molecule has 1 saturated carbocycles. The number of ether oxygens (including phenoxy) is 2. The van der Waals surface area contributed by atoms with Crippen molar-refractivity contribution in [3.8, 4) is 5.75 Å². The fraction of sp³-hybridized carbons (Fsp3) is 0.556. The number of carbonyl (C=O) groups is 2. The lowest BCUT2D eigenvalue weighted by molar-refractivity contribution is -0.140. The Bertz CT molecular complexity index is 540. The molecule has 23 heavy (non-hydrogen) atoms. The fourth-order valence-electron chi connectivity index (χ4n) is 2.93. The highest BCUT2D eigenvalue weighted by molar-refractivity contribution is 6.30. The van der Waals surface area contributed by atoms with Gasteiger partial charge in [-0.05, 0) is 43.9 Å². The molecule has 0 radical (unpaired) electrons. The minimum absolute atomic E-state index is 0.00465. The molecule has 3 atom stereocenters. The van der Waals surface area contributed by atoms with Crippen LogP contribution in [0.2, 0.25) is 0 Å². The lowest BCUT2D eigenvalue weighted by atomic mass is 9.84. The number of Topliss-reactive ketones (excluding diaryl/α,β-unsaturated/α-hetero) is 1. The maximum Gasteiger partial charge on any atom is 0.324 e. The van der Waals surface area contributed by atoms with E-state index in [0.29, 0.717) is 18.6 Å². The van der Waals surface area contributed by atoms with Crippen LogP contribution in [0.25, 0.3) is 0 Å². The van der Waals surface area contributed by atoms with E-state index < -0.39 is 11.3 Å². The zero-order chi connectivity index (χ0) is 16.8. The monoisotopic (exact) mass is 338 g/mol. The van der Waals surface area contributed by atoms with Crippen molar-refractivity contribution in [2.75, 3.05) is 7.11 Å². The first-order valence-corrected chi connectivity index (χ1v) is 8.45. The number of halogens is 1. The van der Waals surface area contributed by atoms with E-state index in [-0.39, 0.29) is 12.0 Å². The molecule has 0 aliphatic heterocycles. The van der Waals surface area contributed by atoms with Gasteiger partial charge in [-0.2, -0.15) is 0 Å². The van der Waals surface area contributed by atoms with Gasteiger partial charge in [0.25, 0.3) is 0 Å². The van der Waals surface area contributed by atoms with Crippen molar-refractivity contribution in [2.45, 2.75) is 50.5 Å². The smallest absolute Gasteiger partial charge is 0.324 e.